The maximum absolute atomic E-state index is 13.7. The number of methoxy groups -OCH3 is 1. The molecular weight excluding hydrogens is 433 g/mol. The van der Waals surface area contributed by atoms with Crippen molar-refractivity contribution < 1.29 is 27.8 Å². The zero-order valence-corrected chi connectivity index (χ0v) is 18.3. The number of nitrogens with zero attached hydrogens (tertiary/aromatic N) is 1. The fourth-order valence-electron chi connectivity index (χ4n) is 4.03. The van der Waals surface area contributed by atoms with E-state index in [0.29, 0.717) is 29.7 Å². The summed E-state index contributed by atoms with van der Waals surface area (Å²) >= 11 is 0. The first-order chi connectivity index (χ1) is 15.3. The van der Waals surface area contributed by atoms with Gasteiger partial charge in [0.25, 0.3) is 10.0 Å². The quantitative estimate of drug-likeness (QED) is 0.619. The molecule has 0 radical (unpaired) electrons. The number of benzene rings is 2. The van der Waals surface area contributed by atoms with Crippen LogP contribution < -0.4 is 0 Å². The van der Waals surface area contributed by atoms with Crippen LogP contribution >= 0.6 is 0 Å². The Morgan fingerprint density at radius 1 is 1.16 bits per heavy atom. The smallest absolute Gasteiger partial charge is 0.264 e. The first-order valence-corrected chi connectivity index (χ1v) is 11.7. The lowest BCUT2D eigenvalue weighted by atomic mass is 9.93. The molecule has 4 rings (SSSR count). The Balaban J connectivity index is 1.71. The molecule has 1 unspecified atom stereocenters. The normalized spacial score (nSPS) is 18.2. The van der Waals surface area contributed by atoms with Crippen LogP contribution in [0.4, 0.5) is 4.39 Å². The van der Waals surface area contributed by atoms with Gasteiger partial charge in [0.1, 0.15) is 11.6 Å². The van der Waals surface area contributed by atoms with E-state index in [1.807, 2.05) is 6.08 Å². The number of hydrogen-bond donors (Lipinski definition) is 2. The fourth-order valence-corrected chi connectivity index (χ4v) is 5.60. The van der Waals surface area contributed by atoms with E-state index in [2.05, 4.69) is 0 Å². The molecule has 0 fully saturated rings. The van der Waals surface area contributed by atoms with E-state index in [1.54, 1.807) is 43.7 Å². The average Bonchev–Trinajstić information content (AvgIpc) is 3.16. The highest BCUT2D eigenvalue weighted by Gasteiger charge is 2.38. The van der Waals surface area contributed by atoms with Crippen LogP contribution in [0.1, 0.15) is 19.3 Å². The second-order valence-corrected chi connectivity index (χ2v) is 9.55. The first kappa shape index (κ1) is 22.3. The molecular formula is C24H24FNO5S. The van der Waals surface area contributed by atoms with Crippen LogP contribution in [0.25, 0.3) is 11.1 Å². The van der Waals surface area contributed by atoms with Gasteiger partial charge in [-0.1, -0.05) is 24.3 Å². The first-order valence-electron chi connectivity index (χ1n) is 10.2. The maximum Gasteiger partial charge on any atom is 0.264 e. The predicted molar refractivity (Wildman–Crippen MR) is 118 cm³/mol. The summed E-state index contributed by atoms with van der Waals surface area (Å²) < 4.78 is 47.5. The summed E-state index contributed by atoms with van der Waals surface area (Å²) in [4.78, 5) is 0.0971. The van der Waals surface area contributed by atoms with Crippen LogP contribution in [0.2, 0.25) is 0 Å². The van der Waals surface area contributed by atoms with Gasteiger partial charge in [0.15, 0.2) is 6.29 Å². The molecule has 8 heteroatoms. The van der Waals surface area contributed by atoms with Gasteiger partial charge >= 0.3 is 0 Å². The lowest BCUT2D eigenvalue weighted by molar-refractivity contribution is -0.0445. The molecule has 0 saturated carbocycles. The number of sulfonamides is 1. The molecule has 1 atom stereocenters. The van der Waals surface area contributed by atoms with Crippen LogP contribution in [-0.2, 0) is 14.8 Å². The van der Waals surface area contributed by atoms with E-state index in [9.17, 15) is 23.0 Å². The van der Waals surface area contributed by atoms with Crippen molar-refractivity contribution in [1.29, 1.82) is 0 Å². The maximum atomic E-state index is 13.7. The molecule has 2 aromatic carbocycles. The van der Waals surface area contributed by atoms with Crippen molar-refractivity contribution >= 4 is 10.0 Å². The van der Waals surface area contributed by atoms with Crippen molar-refractivity contribution in [3.63, 3.8) is 0 Å². The Hall–Kier alpha value is -2.94. The van der Waals surface area contributed by atoms with Crippen LogP contribution in [0.15, 0.2) is 88.7 Å². The standard InChI is InChI=1S/C24H24FNO5S/c1-31-20-9-10-23-22(14-20)18(8-11-24(27)28)15-26(23)32(29,30)21-7-3-5-17(13-21)16-4-2-6-19(25)12-16/h2-7,9,12-15,23-24,27-28H,8,10-11H2,1H3. The monoisotopic (exact) mass is 457 g/mol. The fraction of sp³-hybridized carbons (Fsp3) is 0.250. The highest BCUT2D eigenvalue weighted by Crippen LogP contribution is 2.40. The van der Waals surface area contributed by atoms with Crippen LogP contribution in [0.5, 0.6) is 0 Å². The summed E-state index contributed by atoms with van der Waals surface area (Å²) in [7, 11) is -2.37. The second-order valence-electron chi connectivity index (χ2n) is 7.71. The molecule has 0 saturated heterocycles. The molecule has 1 aliphatic heterocycles. The molecule has 1 heterocycles. The molecule has 0 aromatic heterocycles. The summed E-state index contributed by atoms with van der Waals surface area (Å²) in [6.45, 7) is 0. The Labute approximate surface area is 186 Å². The number of ether oxygens (including phenoxy) is 1. The van der Waals surface area contributed by atoms with Gasteiger partial charge in [-0.15, -0.1) is 0 Å². The van der Waals surface area contributed by atoms with Crippen LogP contribution in [0, 0.1) is 5.82 Å². The van der Waals surface area contributed by atoms with Gasteiger partial charge in [0.05, 0.1) is 18.0 Å². The van der Waals surface area contributed by atoms with Gasteiger partial charge < -0.3 is 14.9 Å². The third-order valence-corrected chi connectivity index (χ3v) is 7.40. The third-order valence-electron chi connectivity index (χ3n) is 5.64. The molecule has 2 aromatic rings. The number of allylic oxidation sites excluding steroid dienone is 1. The van der Waals surface area contributed by atoms with Crippen LogP contribution in [0.3, 0.4) is 0 Å². The molecule has 6 nitrogen and oxygen atoms in total. The molecule has 32 heavy (non-hydrogen) atoms. The van der Waals surface area contributed by atoms with Gasteiger partial charge in [-0.05, 0) is 71.5 Å². The van der Waals surface area contributed by atoms with E-state index in [1.165, 1.54) is 28.6 Å². The number of rotatable bonds is 7. The van der Waals surface area contributed by atoms with Crippen molar-refractivity contribution in [1.82, 2.24) is 4.31 Å². The second kappa shape index (κ2) is 8.90. The largest absolute Gasteiger partial charge is 0.497 e. The van der Waals surface area contributed by atoms with Crippen molar-refractivity contribution in [2.75, 3.05) is 7.11 Å². The lowest BCUT2D eigenvalue weighted by Gasteiger charge is -2.28. The van der Waals surface area contributed by atoms with Gasteiger partial charge in [-0.25, -0.2) is 12.8 Å². The van der Waals surface area contributed by atoms with Crippen molar-refractivity contribution in [3.05, 3.63) is 89.6 Å². The molecule has 2 N–H and O–H groups in total. The van der Waals surface area contributed by atoms with E-state index < -0.39 is 28.2 Å². The van der Waals surface area contributed by atoms with Gasteiger partial charge in [0, 0.05) is 12.6 Å². The number of hydrogen-bond acceptors (Lipinski definition) is 5. The minimum atomic E-state index is -3.92. The Kier molecular flexibility index (Phi) is 6.19. The molecule has 0 spiro atoms. The van der Waals surface area contributed by atoms with E-state index in [0.717, 1.165) is 11.1 Å². The number of halogens is 1. The summed E-state index contributed by atoms with van der Waals surface area (Å²) in [6.07, 6.45) is 4.54. The topological polar surface area (TPSA) is 87.1 Å². The Morgan fingerprint density at radius 2 is 1.88 bits per heavy atom. The molecule has 1 aliphatic carbocycles. The van der Waals surface area contributed by atoms with Crippen molar-refractivity contribution in [2.45, 2.75) is 36.5 Å². The minimum absolute atomic E-state index is 0.0882. The summed E-state index contributed by atoms with van der Waals surface area (Å²) in [6, 6.07) is 12.0. The molecule has 0 bridgehead atoms. The summed E-state index contributed by atoms with van der Waals surface area (Å²) in [5.41, 5.74) is 2.69. The van der Waals surface area contributed by atoms with Crippen molar-refractivity contribution in [2.24, 2.45) is 0 Å². The Bertz CT molecular complexity index is 1220. The SMILES string of the molecule is COC1=CCC2C(=C1)C(CCC(O)O)=CN2S(=O)(=O)c1cccc(-c2cccc(F)c2)c1. The summed E-state index contributed by atoms with van der Waals surface area (Å²) in [5.74, 6) is 0.241. The lowest BCUT2D eigenvalue weighted by Crippen LogP contribution is -2.34. The van der Waals surface area contributed by atoms with Crippen molar-refractivity contribution in [3.8, 4) is 11.1 Å². The molecule has 168 valence electrons. The van der Waals surface area contributed by atoms with E-state index >= 15 is 0 Å². The van der Waals surface area contributed by atoms with Gasteiger partial charge in [-0.2, -0.15) is 0 Å². The number of fused-ring (bicyclic) bond motifs is 1. The highest BCUT2D eigenvalue weighted by atomic mass is 32.2. The Morgan fingerprint density at radius 3 is 2.56 bits per heavy atom. The number of aliphatic hydroxyl groups excluding tert-OH is 1. The third kappa shape index (κ3) is 4.34. The average molecular weight is 458 g/mol. The zero-order chi connectivity index (χ0) is 22.9. The molecule has 2 aliphatic rings. The predicted octanol–water partition coefficient (Wildman–Crippen LogP) is 3.70. The van der Waals surface area contributed by atoms with Gasteiger partial charge in [-0.3, -0.25) is 4.31 Å². The highest BCUT2D eigenvalue weighted by molar-refractivity contribution is 7.89. The van der Waals surface area contributed by atoms with E-state index in [-0.39, 0.29) is 11.3 Å². The van der Waals surface area contributed by atoms with Gasteiger partial charge in [0.2, 0.25) is 0 Å². The molecule has 0 amide bonds. The summed E-state index contributed by atoms with van der Waals surface area (Å²) in [5, 5.41) is 18.6. The van der Waals surface area contributed by atoms with Crippen LogP contribution in [-0.4, -0.2) is 42.4 Å². The van der Waals surface area contributed by atoms with E-state index in [4.69, 9.17) is 4.74 Å². The zero-order valence-electron chi connectivity index (χ0n) is 17.5. The minimum Gasteiger partial charge on any atom is -0.497 e. The number of aliphatic hydroxyl groups is 2.